The van der Waals surface area contributed by atoms with Crippen LogP contribution in [0.2, 0.25) is 0 Å². The van der Waals surface area contributed by atoms with Crippen molar-refractivity contribution in [3.63, 3.8) is 0 Å². The fourth-order valence-electron chi connectivity index (χ4n) is 2.31. The molecule has 0 unspecified atom stereocenters. The molecule has 0 saturated heterocycles. The number of methoxy groups -OCH3 is 1. The Kier molecular flexibility index (Phi) is 6.79. The minimum absolute atomic E-state index is 0.183. The lowest BCUT2D eigenvalue weighted by Gasteiger charge is -2.31. The zero-order valence-corrected chi connectivity index (χ0v) is 12.3. The molecule has 1 N–H and O–H groups in total. The fourth-order valence-corrected chi connectivity index (χ4v) is 3.28. The number of hydrogen-bond donors (Lipinski definition) is 1. The van der Waals surface area contributed by atoms with Crippen LogP contribution in [0.5, 0.6) is 0 Å². The Morgan fingerprint density at radius 1 is 1.61 bits per heavy atom. The van der Waals surface area contributed by atoms with Gasteiger partial charge in [-0.1, -0.05) is 25.5 Å². The monoisotopic (exact) mass is 272 g/mol. The number of allylic oxidation sites excluding steroid dienone is 1. The molecule has 4 heteroatoms. The van der Waals surface area contributed by atoms with E-state index in [4.69, 9.17) is 0 Å². The zero-order valence-electron chi connectivity index (χ0n) is 11.5. The Balaban J connectivity index is 2.46. The van der Waals surface area contributed by atoms with Crippen molar-refractivity contribution < 1.29 is 14.6 Å². The quantitative estimate of drug-likeness (QED) is 0.596. The molecule has 0 radical (unpaired) electrons. The van der Waals surface area contributed by atoms with Gasteiger partial charge in [-0.15, -0.1) is 11.8 Å². The topological polar surface area (TPSA) is 46.5 Å². The highest BCUT2D eigenvalue weighted by molar-refractivity contribution is 8.00. The van der Waals surface area contributed by atoms with E-state index in [2.05, 4.69) is 24.7 Å². The zero-order chi connectivity index (χ0) is 13.5. The summed E-state index contributed by atoms with van der Waals surface area (Å²) >= 11 is 1.57. The van der Waals surface area contributed by atoms with Crippen LogP contribution >= 0.6 is 11.8 Å². The summed E-state index contributed by atoms with van der Waals surface area (Å²) in [7, 11) is 1.41. The molecule has 1 rings (SSSR count). The van der Waals surface area contributed by atoms with Gasteiger partial charge < -0.3 is 9.84 Å². The second-order valence-corrected chi connectivity index (χ2v) is 6.19. The smallest absolute Gasteiger partial charge is 0.315 e. The predicted molar refractivity (Wildman–Crippen MR) is 75.6 cm³/mol. The van der Waals surface area contributed by atoms with Crippen LogP contribution in [0.4, 0.5) is 0 Å². The number of ether oxygens (including phenoxy) is 1. The van der Waals surface area contributed by atoms with Gasteiger partial charge in [0.05, 0.1) is 12.9 Å². The number of rotatable bonds is 6. The maximum atomic E-state index is 11.0. The molecule has 0 aliphatic heterocycles. The molecule has 0 aromatic rings. The van der Waals surface area contributed by atoms with Crippen LogP contribution in [0, 0.1) is 17.8 Å². The van der Waals surface area contributed by atoms with E-state index < -0.39 is 0 Å². The van der Waals surface area contributed by atoms with E-state index in [9.17, 15) is 9.90 Å². The Morgan fingerprint density at radius 3 is 2.89 bits per heavy atom. The van der Waals surface area contributed by atoms with Crippen molar-refractivity contribution in [2.24, 2.45) is 17.8 Å². The van der Waals surface area contributed by atoms with Crippen LogP contribution in [0.15, 0.2) is 11.6 Å². The highest BCUT2D eigenvalue weighted by Gasteiger charge is 2.25. The largest absolute Gasteiger partial charge is 0.468 e. The van der Waals surface area contributed by atoms with Crippen molar-refractivity contribution >= 4 is 17.7 Å². The van der Waals surface area contributed by atoms with Crippen LogP contribution in [0.3, 0.4) is 0 Å². The predicted octanol–water partition coefficient (Wildman–Crippen LogP) is 2.49. The summed E-state index contributed by atoms with van der Waals surface area (Å²) in [5.41, 5.74) is 1.29. The van der Waals surface area contributed by atoms with Crippen molar-refractivity contribution in [3.05, 3.63) is 11.6 Å². The summed E-state index contributed by atoms with van der Waals surface area (Å²) in [4.78, 5) is 11.0. The number of carbonyl (C=O) groups is 1. The summed E-state index contributed by atoms with van der Waals surface area (Å²) in [6, 6.07) is 0. The van der Waals surface area contributed by atoms with E-state index in [1.807, 2.05) is 0 Å². The van der Waals surface area contributed by atoms with Crippen molar-refractivity contribution in [1.29, 1.82) is 0 Å². The van der Waals surface area contributed by atoms with Gasteiger partial charge in [-0.25, -0.2) is 0 Å². The molecule has 0 amide bonds. The highest BCUT2D eigenvalue weighted by atomic mass is 32.2. The molecule has 2 atom stereocenters. The molecule has 0 heterocycles. The summed E-state index contributed by atoms with van der Waals surface area (Å²) < 4.78 is 4.61. The van der Waals surface area contributed by atoms with E-state index >= 15 is 0 Å². The van der Waals surface area contributed by atoms with E-state index in [0.717, 1.165) is 18.6 Å². The molecule has 0 bridgehead atoms. The summed E-state index contributed by atoms with van der Waals surface area (Å²) in [5, 5.41) is 9.47. The lowest BCUT2D eigenvalue weighted by Crippen LogP contribution is -2.23. The molecule has 1 aliphatic rings. The minimum atomic E-state index is -0.183. The van der Waals surface area contributed by atoms with E-state index in [-0.39, 0.29) is 18.5 Å². The Bertz CT molecular complexity index is 299. The van der Waals surface area contributed by atoms with Gasteiger partial charge in [0.15, 0.2) is 0 Å². The molecule has 104 valence electrons. The van der Waals surface area contributed by atoms with E-state index in [0.29, 0.717) is 17.6 Å². The molecule has 1 aliphatic carbocycles. The minimum Gasteiger partial charge on any atom is -0.468 e. The van der Waals surface area contributed by atoms with Gasteiger partial charge in [-0.3, -0.25) is 4.79 Å². The molecule has 3 nitrogen and oxygen atoms in total. The van der Waals surface area contributed by atoms with Gasteiger partial charge >= 0.3 is 5.97 Å². The Morgan fingerprint density at radius 2 is 2.33 bits per heavy atom. The van der Waals surface area contributed by atoms with Crippen molar-refractivity contribution in [2.75, 3.05) is 25.2 Å². The maximum absolute atomic E-state index is 11.0. The van der Waals surface area contributed by atoms with Crippen LogP contribution in [0.1, 0.15) is 26.7 Å². The first-order valence-electron chi connectivity index (χ1n) is 6.52. The number of esters is 1. The van der Waals surface area contributed by atoms with Gasteiger partial charge in [0.25, 0.3) is 0 Å². The SMILES string of the molecule is COC(=O)CSCC1=CC[C@@H](C(C)C)C[C@@H]1CO. The first kappa shape index (κ1) is 15.6. The van der Waals surface area contributed by atoms with Crippen molar-refractivity contribution in [1.82, 2.24) is 0 Å². The maximum Gasteiger partial charge on any atom is 0.315 e. The summed E-state index contributed by atoms with van der Waals surface area (Å²) in [5.74, 6) is 2.65. The molecule has 0 spiro atoms. The molecular weight excluding hydrogens is 248 g/mol. The van der Waals surface area contributed by atoms with Gasteiger partial charge in [0, 0.05) is 18.3 Å². The number of aliphatic hydroxyl groups is 1. The van der Waals surface area contributed by atoms with Gasteiger partial charge in [0.1, 0.15) is 0 Å². The van der Waals surface area contributed by atoms with Gasteiger partial charge in [-0.2, -0.15) is 0 Å². The molecule has 18 heavy (non-hydrogen) atoms. The van der Waals surface area contributed by atoms with Crippen LogP contribution < -0.4 is 0 Å². The van der Waals surface area contributed by atoms with Crippen molar-refractivity contribution in [2.45, 2.75) is 26.7 Å². The molecular formula is C14H24O3S. The lowest BCUT2D eigenvalue weighted by atomic mass is 9.77. The van der Waals surface area contributed by atoms with Gasteiger partial charge in [-0.05, 0) is 24.7 Å². The van der Waals surface area contributed by atoms with Gasteiger partial charge in [0.2, 0.25) is 0 Å². The third-order valence-electron chi connectivity index (χ3n) is 3.67. The summed E-state index contributed by atoms with van der Waals surface area (Å²) in [6.45, 7) is 4.70. The normalized spacial score (nSPS) is 23.9. The first-order valence-corrected chi connectivity index (χ1v) is 7.68. The second-order valence-electron chi connectivity index (χ2n) is 5.20. The third-order valence-corrected chi connectivity index (χ3v) is 4.65. The Labute approximate surface area is 114 Å². The van der Waals surface area contributed by atoms with E-state index in [1.165, 1.54) is 12.7 Å². The molecule has 0 aromatic carbocycles. The highest BCUT2D eigenvalue weighted by Crippen LogP contribution is 2.34. The number of thioether (sulfide) groups is 1. The summed E-state index contributed by atoms with van der Waals surface area (Å²) in [6.07, 6.45) is 4.43. The number of carbonyl (C=O) groups excluding carboxylic acids is 1. The molecule has 0 aromatic heterocycles. The molecule has 0 saturated carbocycles. The number of hydrogen-bond acceptors (Lipinski definition) is 4. The van der Waals surface area contributed by atoms with E-state index in [1.54, 1.807) is 11.8 Å². The Hall–Kier alpha value is -0.480. The first-order chi connectivity index (χ1) is 8.58. The van der Waals surface area contributed by atoms with Crippen LogP contribution in [-0.2, 0) is 9.53 Å². The van der Waals surface area contributed by atoms with Crippen molar-refractivity contribution in [3.8, 4) is 0 Å². The average Bonchev–Trinajstić information content (AvgIpc) is 2.38. The standard InChI is InChI=1S/C14H24O3S/c1-10(2)11-4-5-12(13(6-11)7-15)8-18-9-14(16)17-3/h5,10-11,13,15H,4,6-9H2,1-3H3/t11-,13-/m1/s1. The average molecular weight is 272 g/mol. The fraction of sp³-hybridized carbons (Fsp3) is 0.786. The third kappa shape index (κ3) is 4.65. The molecule has 0 fully saturated rings. The van der Waals surface area contributed by atoms with Crippen LogP contribution in [0.25, 0.3) is 0 Å². The second kappa shape index (κ2) is 7.85. The van der Waals surface area contributed by atoms with Crippen LogP contribution in [-0.4, -0.2) is 36.3 Å². The lowest BCUT2D eigenvalue weighted by molar-refractivity contribution is -0.137. The number of aliphatic hydroxyl groups excluding tert-OH is 1.